The highest BCUT2D eigenvalue weighted by Gasteiger charge is 2.47. The van der Waals surface area contributed by atoms with Crippen LogP contribution in [0.1, 0.15) is 36.8 Å². The SMILES string of the molecule is CC(C)COc1cccc(/C(O)=C2/C(=O)C(=O)N(Cc3cccnc3)C2c2ccco2)c1. The Kier molecular flexibility index (Phi) is 6.07. The van der Waals surface area contributed by atoms with Gasteiger partial charge in [0.2, 0.25) is 0 Å². The van der Waals surface area contributed by atoms with Crippen molar-refractivity contribution in [3.63, 3.8) is 0 Å². The molecule has 164 valence electrons. The smallest absolute Gasteiger partial charge is 0.296 e. The third kappa shape index (κ3) is 4.27. The number of ether oxygens (including phenoxy) is 1. The second-order valence-corrected chi connectivity index (χ2v) is 8.04. The monoisotopic (exact) mass is 432 g/mol. The van der Waals surface area contributed by atoms with Gasteiger partial charge in [-0.3, -0.25) is 14.6 Å². The molecule has 3 aromatic rings. The zero-order chi connectivity index (χ0) is 22.7. The lowest BCUT2D eigenvalue weighted by molar-refractivity contribution is -0.140. The number of hydrogen-bond donors (Lipinski definition) is 1. The summed E-state index contributed by atoms with van der Waals surface area (Å²) < 4.78 is 11.3. The lowest BCUT2D eigenvalue weighted by Crippen LogP contribution is -2.29. The van der Waals surface area contributed by atoms with E-state index in [0.29, 0.717) is 29.6 Å². The molecular weight excluding hydrogens is 408 g/mol. The number of carbonyl (C=O) groups is 2. The summed E-state index contributed by atoms with van der Waals surface area (Å²) in [6.45, 7) is 4.75. The number of aromatic nitrogens is 1. The standard InChI is InChI=1S/C25H24N2O5/c1-16(2)15-32-19-8-3-7-18(12-19)23(28)21-22(20-9-5-11-31-20)27(25(30)24(21)29)14-17-6-4-10-26-13-17/h3-13,16,22,28H,14-15H2,1-2H3/b23-21-. The molecule has 1 unspecified atom stereocenters. The summed E-state index contributed by atoms with van der Waals surface area (Å²) in [5.41, 5.74) is 1.13. The molecular formula is C25H24N2O5. The molecule has 3 heterocycles. The van der Waals surface area contributed by atoms with Crippen molar-refractivity contribution in [1.82, 2.24) is 9.88 Å². The zero-order valence-electron chi connectivity index (χ0n) is 17.9. The third-order valence-electron chi connectivity index (χ3n) is 5.12. The van der Waals surface area contributed by atoms with Crippen molar-refractivity contribution in [2.24, 2.45) is 5.92 Å². The van der Waals surface area contributed by atoms with Gasteiger partial charge in [0.1, 0.15) is 23.3 Å². The van der Waals surface area contributed by atoms with Crippen LogP contribution < -0.4 is 4.74 Å². The molecule has 0 radical (unpaired) electrons. The molecule has 2 aromatic heterocycles. The molecule has 7 nitrogen and oxygen atoms in total. The van der Waals surface area contributed by atoms with Crippen LogP contribution in [0.2, 0.25) is 0 Å². The third-order valence-corrected chi connectivity index (χ3v) is 5.12. The average Bonchev–Trinajstić information content (AvgIpc) is 3.41. The quantitative estimate of drug-likeness (QED) is 0.339. The van der Waals surface area contributed by atoms with Crippen LogP contribution in [0.4, 0.5) is 0 Å². The highest BCUT2D eigenvalue weighted by atomic mass is 16.5. The van der Waals surface area contributed by atoms with Gasteiger partial charge in [-0.15, -0.1) is 0 Å². The number of carbonyl (C=O) groups excluding carboxylic acids is 2. The van der Waals surface area contributed by atoms with Gasteiger partial charge in [-0.1, -0.05) is 32.0 Å². The number of ketones is 1. The maximum atomic E-state index is 13.0. The number of pyridine rings is 1. The number of nitrogens with zero attached hydrogens (tertiary/aromatic N) is 2. The van der Waals surface area contributed by atoms with Crippen molar-refractivity contribution in [3.05, 3.63) is 89.6 Å². The average molecular weight is 432 g/mol. The molecule has 0 bridgehead atoms. The van der Waals surface area contributed by atoms with Gasteiger partial charge in [-0.05, 0) is 41.8 Å². The van der Waals surface area contributed by atoms with E-state index in [4.69, 9.17) is 9.15 Å². The highest BCUT2D eigenvalue weighted by molar-refractivity contribution is 6.46. The Morgan fingerprint density at radius 3 is 2.72 bits per heavy atom. The van der Waals surface area contributed by atoms with Crippen LogP contribution in [0.5, 0.6) is 5.75 Å². The van der Waals surface area contributed by atoms with Crippen LogP contribution in [-0.4, -0.2) is 33.3 Å². The molecule has 0 spiro atoms. The minimum atomic E-state index is -0.856. The van der Waals surface area contributed by atoms with E-state index in [2.05, 4.69) is 4.98 Å². The van der Waals surface area contributed by atoms with E-state index in [9.17, 15) is 14.7 Å². The van der Waals surface area contributed by atoms with E-state index < -0.39 is 17.7 Å². The van der Waals surface area contributed by atoms with Gasteiger partial charge in [0.25, 0.3) is 11.7 Å². The van der Waals surface area contributed by atoms with Crippen molar-refractivity contribution >= 4 is 17.4 Å². The summed E-state index contributed by atoms with van der Waals surface area (Å²) >= 11 is 0. The first kappa shape index (κ1) is 21.4. The normalized spacial score (nSPS) is 17.8. The lowest BCUT2D eigenvalue weighted by atomic mass is 9.99. The molecule has 1 aliphatic heterocycles. The predicted octanol–water partition coefficient (Wildman–Crippen LogP) is 4.33. The Bertz CT molecular complexity index is 1140. The Balaban J connectivity index is 1.76. The molecule has 7 heteroatoms. The Morgan fingerprint density at radius 1 is 1.19 bits per heavy atom. The molecule has 1 aromatic carbocycles. The van der Waals surface area contributed by atoms with Crippen molar-refractivity contribution in [2.45, 2.75) is 26.4 Å². The van der Waals surface area contributed by atoms with E-state index in [1.165, 1.54) is 11.2 Å². The van der Waals surface area contributed by atoms with E-state index in [0.717, 1.165) is 5.56 Å². The predicted molar refractivity (Wildman–Crippen MR) is 118 cm³/mol. The van der Waals surface area contributed by atoms with Crippen molar-refractivity contribution < 1.29 is 23.8 Å². The summed E-state index contributed by atoms with van der Waals surface area (Å²) in [6.07, 6.45) is 4.74. The maximum absolute atomic E-state index is 13.0. The minimum absolute atomic E-state index is 0.0187. The van der Waals surface area contributed by atoms with Crippen LogP contribution in [0.15, 0.2) is 77.2 Å². The highest BCUT2D eigenvalue weighted by Crippen LogP contribution is 2.40. The molecule has 1 fully saturated rings. The van der Waals surface area contributed by atoms with Gasteiger partial charge in [0.05, 0.1) is 18.4 Å². The number of furan rings is 1. The number of likely N-dealkylation sites (tertiary alicyclic amines) is 1. The lowest BCUT2D eigenvalue weighted by Gasteiger charge is -2.23. The van der Waals surface area contributed by atoms with E-state index >= 15 is 0 Å². The van der Waals surface area contributed by atoms with Gasteiger partial charge in [0, 0.05) is 24.5 Å². The van der Waals surface area contributed by atoms with E-state index in [1.807, 2.05) is 19.9 Å². The summed E-state index contributed by atoms with van der Waals surface area (Å²) in [5, 5.41) is 11.1. The molecule has 1 saturated heterocycles. The first-order chi connectivity index (χ1) is 15.5. The number of amides is 1. The maximum Gasteiger partial charge on any atom is 0.296 e. The van der Waals surface area contributed by atoms with Crippen LogP contribution in [0.25, 0.3) is 5.76 Å². The molecule has 32 heavy (non-hydrogen) atoms. The Morgan fingerprint density at radius 2 is 2.03 bits per heavy atom. The van der Waals surface area contributed by atoms with Gasteiger partial charge >= 0.3 is 0 Å². The molecule has 1 aliphatic rings. The van der Waals surface area contributed by atoms with Crippen molar-refractivity contribution in [3.8, 4) is 5.75 Å². The van der Waals surface area contributed by atoms with Crippen molar-refractivity contribution in [1.29, 1.82) is 0 Å². The molecule has 0 aliphatic carbocycles. The zero-order valence-corrected chi connectivity index (χ0v) is 17.9. The van der Waals surface area contributed by atoms with E-state index in [1.54, 1.807) is 54.9 Å². The molecule has 0 saturated carbocycles. The molecule has 1 amide bonds. The minimum Gasteiger partial charge on any atom is -0.507 e. The summed E-state index contributed by atoms with van der Waals surface area (Å²) in [6, 6.07) is 12.9. The fraction of sp³-hybridized carbons (Fsp3) is 0.240. The number of rotatable bonds is 7. The topological polar surface area (TPSA) is 92.9 Å². The molecule has 1 N–H and O–H groups in total. The summed E-state index contributed by atoms with van der Waals surface area (Å²) in [5.74, 6) is -0.438. The number of Topliss-reactive ketones (excluding diaryl/α,β-unsaturated/α-hetero) is 1. The Labute approximate surface area is 186 Å². The number of benzene rings is 1. The van der Waals surface area contributed by atoms with Crippen LogP contribution >= 0.6 is 0 Å². The van der Waals surface area contributed by atoms with E-state index in [-0.39, 0.29) is 17.9 Å². The largest absolute Gasteiger partial charge is 0.507 e. The summed E-state index contributed by atoms with van der Waals surface area (Å²) in [4.78, 5) is 31.4. The first-order valence-electron chi connectivity index (χ1n) is 10.4. The fourth-order valence-corrected chi connectivity index (χ4v) is 3.63. The van der Waals surface area contributed by atoms with Gasteiger partial charge < -0.3 is 19.2 Å². The van der Waals surface area contributed by atoms with Crippen LogP contribution in [-0.2, 0) is 16.1 Å². The second kappa shape index (κ2) is 9.09. The number of aliphatic hydroxyl groups is 1. The van der Waals surface area contributed by atoms with Crippen LogP contribution in [0, 0.1) is 5.92 Å². The number of hydrogen-bond acceptors (Lipinski definition) is 6. The molecule has 4 rings (SSSR count). The first-order valence-corrected chi connectivity index (χ1v) is 10.4. The second-order valence-electron chi connectivity index (χ2n) is 8.04. The van der Waals surface area contributed by atoms with Gasteiger partial charge in [0.15, 0.2) is 0 Å². The molecule has 1 atom stereocenters. The fourth-order valence-electron chi connectivity index (χ4n) is 3.63. The van der Waals surface area contributed by atoms with Gasteiger partial charge in [-0.25, -0.2) is 0 Å². The Hall–Kier alpha value is -3.87. The van der Waals surface area contributed by atoms with Crippen molar-refractivity contribution in [2.75, 3.05) is 6.61 Å². The summed E-state index contributed by atoms with van der Waals surface area (Å²) in [7, 11) is 0. The van der Waals surface area contributed by atoms with Crippen LogP contribution in [0.3, 0.4) is 0 Å². The van der Waals surface area contributed by atoms with Gasteiger partial charge in [-0.2, -0.15) is 0 Å². The number of aliphatic hydroxyl groups excluding tert-OH is 1.